The summed E-state index contributed by atoms with van der Waals surface area (Å²) in [5.74, 6) is 2.28. The molecule has 4 nitrogen and oxygen atoms in total. The smallest absolute Gasteiger partial charge is 0.131 e. The highest BCUT2D eigenvalue weighted by Gasteiger charge is 2.35. The molecule has 1 saturated carbocycles. The summed E-state index contributed by atoms with van der Waals surface area (Å²) in [7, 11) is 4.13. The molecule has 1 unspecified atom stereocenters. The lowest BCUT2D eigenvalue weighted by Crippen LogP contribution is -2.36. The molecule has 2 heterocycles. The second-order valence-corrected chi connectivity index (χ2v) is 6.49. The summed E-state index contributed by atoms with van der Waals surface area (Å²) >= 11 is 0. The largest absolute Gasteiger partial charge is 0.353 e. The van der Waals surface area contributed by atoms with Gasteiger partial charge in [0.1, 0.15) is 5.82 Å². The minimum atomic E-state index is 0.753. The van der Waals surface area contributed by atoms with E-state index in [0.717, 1.165) is 18.5 Å². The lowest BCUT2D eigenvalue weighted by molar-refractivity contribution is 0.426. The van der Waals surface area contributed by atoms with Gasteiger partial charge in [-0.15, -0.1) is 0 Å². The fraction of sp³-hybridized carbons (Fsp3) is 0.812. The Kier molecular flexibility index (Phi) is 4.01. The van der Waals surface area contributed by atoms with Crippen molar-refractivity contribution in [3.8, 4) is 0 Å². The fourth-order valence-corrected chi connectivity index (χ4v) is 4.32. The molecule has 2 aliphatic rings. The van der Waals surface area contributed by atoms with Gasteiger partial charge in [0.25, 0.3) is 0 Å². The van der Waals surface area contributed by atoms with Gasteiger partial charge in [0.15, 0.2) is 0 Å². The first-order valence-corrected chi connectivity index (χ1v) is 8.16. The maximum absolute atomic E-state index is 4.67. The number of anilines is 1. The molecule has 1 atom stereocenters. The van der Waals surface area contributed by atoms with Crippen LogP contribution in [0.5, 0.6) is 0 Å². The van der Waals surface area contributed by atoms with Gasteiger partial charge >= 0.3 is 0 Å². The molecular weight excluding hydrogens is 248 g/mol. The van der Waals surface area contributed by atoms with E-state index < -0.39 is 0 Å². The summed E-state index contributed by atoms with van der Waals surface area (Å²) in [5, 5.41) is 7.98. The number of rotatable bonds is 4. The third kappa shape index (κ3) is 2.34. The first-order valence-electron chi connectivity index (χ1n) is 8.16. The average Bonchev–Trinajstić information content (AvgIpc) is 3.11. The van der Waals surface area contributed by atoms with Crippen molar-refractivity contribution in [2.24, 2.45) is 13.0 Å². The molecule has 1 aromatic heterocycles. The lowest BCUT2D eigenvalue weighted by Gasteiger charge is -2.32. The van der Waals surface area contributed by atoms with Gasteiger partial charge < -0.3 is 10.2 Å². The number of hydrogen-bond donors (Lipinski definition) is 1. The Balaban J connectivity index is 1.90. The molecule has 4 heteroatoms. The molecule has 3 rings (SSSR count). The van der Waals surface area contributed by atoms with Crippen molar-refractivity contribution in [2.45, 2.75) is 58.0 Å². The highest BCUT2D eigenvalue weighted by molar-refractivity contribution is 5.52. The molecule has 1 N–H and O–H groups in total. The van der Waals surface area contributed by atoms with Gasteiger partial charge in [-0.25, -0.2) is 0 Å². The first kappa shape index (κ1) is 13.9. The predicted octanol–water partition coefficient (Wildman–Crippen LogP) is 2.61. The van der Waals surface area contributed by atoms with Crippen LogP contribution >= 0.6 is 0 Å². The highest BCUT2D eigenvalue weighted by atomic mass is 15.4. The Morgan fingerprint density at radius 3 is 2.65 bits per heavy atom. The Morgan fingerprint density at radius 1 is 1.20 bits per heavy atom. The summed E-state index contributed by atoms with van der Waals surface area (Å²) in [6, 6.07) is 0.753. The topological polar surface area (TPSA) is 33.1 Å². The van der Waals surface area contributed by atoms with Gasteiger partial charge in [-0.1, -0.05) is 12.8 Å². The van der Waals surface area contributed by atoms with E-state index >= 15 is 0 Å². The van der Waals surface area contributed by atoms with E-state index in [4.69, 9.17) is 0 Å². The van der Waals surface area contributed by atoms with Crippen molar-refractivity contribution < 1.29 is 0 Å². The molecule has 0 spiro atoms. The standard InChI is InChI=1S/C16H28N4/c1-12-14(11-17-2)16(19(3)18-12)20-10-6-9-15(20)13-7-4-5-8-13/h13,15,17H,4-11H2,1-3H3. The van der Waals surface area contributed by atoms with Crippen LogP contribution in [0.3, 0.4) is 0 Å². The molecule has 0 bridgehead atoms. The predicted molar refractivity (Wildman–Crippen MR) is 83.0 cm³/mol. The van der Waals surface area contributed by atoms with Crippen LogP contribution in [0.15, 0.2) is 0 Å². The molecule has 1 aliphatic heterocycles. The Bertz CT molecular complexity index is 459. The van der Waals surface area contributed by atoms with E-state index in [9.17, 15) is 0 Å². The molecule has 20 heavy (non-hydrogen) atoms. The number of aromatic nitrogens is 2. The molecule has 1 saturated heterocycles. The monoisotopic (exact) mass is 276 g/mol. The second-order valence-electron chi connectivity index (χ2n) is 6.49. The van der Waals surface area contributed by atoms with Gasteiger partial charge in [0.2, 0.25) is 0 Å². The minimum Gasteiger partial charge on any atom is -0.353 e. The zero-order valence-corrected chi connectivity index (χ0v) is 13.2. The Labute approximate surface area is 122 Å². The van der Waals surface area contributed by atoms with E-state index in [1.54, 1.807) is 0 Å². The van der Waals surface area contributed by atoms with Crippen molar-refractivity contribution in [3.63, 3.8) is 0 Å². The van der Waals surface area contributed by atoms with Crippen molar-refractivity contribution in [2.75, 3.05) is 18.5 Å². The van der Waals surface area contributed by atoms with Gasteiger partial charge in [-0.3, -0.25) is 4.68 Å². The van der Waals surface area contributed by atoms with E-state index in [1.165, 1.54) is 62.1 Å². The SMILES string of the molecule is CNCc1c(C)nn(C)c1N1CCCC1C1CCCC1. The zero-order valence-electron chi connectivity index (χ0n) is 13.2. The molecule has 112 valence electrons. The number of nitrogens with one attached hydrogen (secondary N) is 1. The van der Waals surface area contributed by atoms with Crippen LogP contribution in [-0.2, 0) is 13.6 Å². The molecule has 2 fully saturated rings. The molecule has 1 aliphatic carbocycles. The maximum atomic E-state index is 4.67. The van der Waals surface area contributed by atoms with E-state index in [1.807, 2.05) is 7.05 Å². The number of aryl methyl sites for hydroxylation is 2. The van der Waals surface area contributed by atoms with Crippen LogP contribution in [0.1, 0.15) is 49.8 Å². The van der Waals surface area contributed by atoms with Gasteiger partial charge in [0, 0.05) is 31.7 Å². The van der Waals surface area contributed by atoms with Gasteiger partial charge in [-0.05, 0) is 45.6 Å². The Morgan fingerprint density at radius 2 is 1.95 bits per heavy atom. The molecule has 0 aromatic carbocycles. The van der Waals surface area contributed by atoms with Crippen molar-refractivity contribution in [3.05, 3.63) is 11.3 Å². The number of hydrogen-bond acceptors (Lipinski definition) is 3. The van der Waals surface area contributed by atoms with E-state index in [2.05, 4.69) is 34.0 Å². The van der Waals surface area contributed by atoms with Crippen molar-refractivity contribution in [1.82, 2.24) is 15.1 Å². The summed E-state index contributed by atoms with van der Waals surface area (Å²) in [5.41, 5.74) is 2.56. The lowest BCUT2D eigenvalue weighted by atomic mass is 9.96. The summed E-state index contributed by atoms with van der Waals surface area (Å²) < 4.78 is 2.11. The van der Waals surface area contributed by atoms with Crippen molar-refractivity contribution >= 4 is 5.82 Å². The quantitative estimate of drug-likeness (QED) is 0.917. The fourth-order valence-electron chi connectivity index (χ4n) is 4.32. The maximum Gasteiger partial charge on any atom is 0.131 e. The van der Waals surface area contributed by atoms with Crippen LogP contribution < -0.4 is 10.2 Å². The third-order valence-corrected chi connectivity index (χ3v) is 5.18. The summed E-state index contributed by atoms with van der Waals surface area (Å²) in [6.45, 7) is 4.26. The van der Waals surface area contributed by atoms with E-state index in [0.29, 0.717) is 0 Å². The van der Waals surface area contributed by atoms with Crippen LogP contribution in [-0.4, -0.2) is 29.4 Å². The van der Waals surface area contributed by atoms with E-state index in [-0.39, 0.29) is 0 Å². The zero-order chi connectivity index (χ0) is 14.1. The first-order chi connectivity index (χ1) is 9.72. The molecule has 0 amide bonds. The van der Waals surface area contributed by atoms with Crippen molar-refractivity contribution in [1.29, 1.82) is 0 Å². The third-order valence-electron chi connectivity index (χ3n) is 5.18. The van der Waals surface area contributed by atoms with Gasteiger partial charge in [-0.2, -0.15) is 5.10 Å². The van der Waals surface area contributed by atoms with Crippen LogP contribution in [0.4, 0.5) is 5.82 Å². The highest BCUT2D eigenvalue weighted by Crippen LogP contribution is 2.39. The molecule has 0 radical (unpaired) electrons. The number of nitrogens with zero attached hydrogens (tertiary/aromatic N) is 3. The molecular formula is C16H28N4. The molecule has 1 aromatic rings. The second kappa shape index (κ2) is 5.76. The van der Waals surface area contributed by atoms with Crippen LogP contribution in [0, 0.1) is 12.8 Å². The van der Waals surface area contributed by atoms with Crippen LogP contribution in [0.25, 0.3) is 0 Å². The summed E-state index contributed by atoms with van der Waals surface area (Å²) in [4.78, 5) is 2.67. The normalized spacial score (nSPS) is 23.9. The summed E-state index contributed by atoms with van der Waals surface area (Å²) in [6.07, 6.45) is 8.43. The minimum absolute atomic E-state index is 0.753. The van der Waals surface area contributed by atoms with Gasteiger partial charge in [0.05, 0.1) is 5.69 Å². The Hall–Kier alpha value is -1.03. The average molecular weight is 276 g/mol. The van der Waals surface area contributed by atoms with Crippen LogP contribution in [0.2, 0.25) is 0 Å².